The van der Waals surface area contributed by atoms with E-state index >= 15 is 0 Å². The Kier molecular flexibility index (Phi) is 5.36. The van der Waals surface area contributed by atoms with Crippen LogP contribution in [0.25, 0.3) is 0 Å². The predicted octanol–water partition coefficient (Wildman–Crippen LogP) is 2.01. The van der Waals surface area contributed by atoms with Gasteiger partial charge in [0.1, 0.15) is 0 Å². The monoisotopic (exact) mass is 333 g/mol. The first-order chi connectivity index (χ1) is 11.2. The fourth-order valence-electron chi connectivity index (χ4n) is 3.18. The summed E-state index contributed by atoms with van der Waals surface area (Å²) in [4.78, 5) is 13.7. The highest BCUT2D eigenvalue weighted by atomic mass is 35.5. The van der Waals surface area contributed by atoms with Crippen LogP contribution in [0.2, 0.25) is 5.02 Å². The first kappa shape index (κ1) is 16.1. The second kappa shape index (κ2) is 7.66. The highest BCUT2D eigenvalue weighted by Crippen LogP contribution is 2.12. The molecule has 2 N–H and O–H groups in total. The minimum atomic E-state index is 0.0301. The number of rotatable bonds is 6. The number of hydrogen-bond donors (Lipinski definition) is 2. The number of amides is 1. The van der Waals surface area contributed by atoms with Crippen LogP contribution in [-0.2, 0) is 11.2 Å². The summed E-state index contributed by atoms with van der Waals surface area (Å²) in [5, 5.41) is 3.74. The second-order valence-corrected chi connectivity index (χ2v) is 6.48. The first-order valence-electron chi connectivity index (χ1n) is 8.11. The SMILES string of the molecule is O=C(Cc1ccc(Cl)cc1)NC[C@H](c1ccco1)[NH+]1CCCC1. The van der Waals surface area contributed by atoms with Gasteiger partial charge in [-0.05, 0) is 29.8 Å². The normalized spacial score (nSPS) is 16.4. The molecule has 4 nitrogen and oxygen atoms in total. The van der Waals surface area contributed by atoms with Crippen LogP contribution < -0.4 is 10.2 Å². The maximum Gasteiger partial charge on any atom is 0.224 e. The number of carbonyl (C=O) groups excluding carboxylic acids is 1. The maximum atomic E-state index is 12.2. The molecule has 2 aromatic rings. The number of carbonyl (C=O) groups is 1. The summed E-state index contributed by atoms with van der Waals surface area (Å²) < 4.78 is 5.59. The lowest BCUT2D eigenvalue weighted by atomic mass is 10.1. The van der Waals surface area contributed by atoms with E-state index in [9.17, 15) is 4.79 Å². The van der Waals surface area contributed by atoms with E-state index in [1.165, 1.54) is 17.7 Å². The molecule has 1 saturated heterocycles. The van der Waals surface area contributed by atoms with Gasteiger partial charge in [0.05, 0.1) is 32.3 Å². The fraction of sp³-hybridized carbons (Fsp3) is 0.389. The molecule has 5 heteroatoms. The summed E-state index contributed by atoms with van der Waals surface area (Å²) in [6.45, 7) is 2.88. The van der Waals surface area contributed by atoms with Crippen molar-refractivity contribution in [1.29, 1.82) is 0 Å². The molecule has 1 aliphatic heterocycles. The van der Waals surface area contributed by atoms with Gasteiger partial charge in [-0.2, -0.15) is 0 Å². The third-order valence-corrected chi connectivity index (χ3v) is 4.66. The van der Waals surface area contributed by atoms with Gasteiger partial charge in [-0.3, -0.25) is 4.79 Å². The third kappa shape index (κ3) is 4.36. The van der Waals surface area contributed by atoms with E-state index in [0.29, 0.717) is 18.0 Å². The first-order valence-corrected chi connectivity index (χ1v) is 8.49. The number of benzene rings is 1. The summed E-state index contributed by atoms with van der Waals surface area (Å²) in [5.41, 5.74) is 0.968. The van der Waals surface area contributed by atoms with Gasteiger partial charge in [0.2, 0.25) is 5.91 Å². The average Bonchev–Trinajstić information content (AvgIpc) is 3.24. The molecule has 2 heterocycles. The van der Waals surface area contributed by atoms with Crippen molar-refractivity contribution in [3.05, 3.63) is 59.0 Å². The zero-order chi connectivity index (χ0) is 16.1. The molecule has 1 amide bonds. The van der Waals surface area contributed by atoms with Gasteiger partial charge in [-0.15, -0.1) is 0 Å². The number of halogens is 1. The Morgan fingerprint density at radius 1 is 1.22 bits per heavy atom. The Bertz CT molecular complexity index is 619. The van der Waals surface area contributed by atoms with Crippen LogP contribution >= 0.6 is 11.6 Å². The van der Waals surface area contributed by atoms with Gasteiger partial charge >= 0.3 is 0 Å². The van der Waals surface area contributed by atoms with Crippen molar-refractivity contribution in [1.82, 2.24) is 5.32 Å². The molecule has 1 aromatic heterocycles. The van der Waals surface area contributed by atoms with E-state index in [0.717, 1.165) is 24.4 Å². The van der Waals surface area contributed by atoms with Crippen molar-refractivity contribution >= 4 is 17.5 Å². The van der Waals surface area contributed by atoms with Crippen LogP contribution in [0.1, 0.15) is 30.2 Å². The molecule has 1 aliphatic rings. The molecule has 0 bridgehead atoms. The van der Waals surface area contributed by atoms with Crippen molar-refractivity contribution in [3.8, 4) is 0 Å². The molecule has 0 spiro atoms. The van der Waals surface area contributed by atoms with E-state index < -0.39 is 0 Å². The van der Waals surface area contributed by atoms with E-state index in [2.05, 4.69) is 5.32 Å². The maximum absolute atomic E-state index is 12.2. The Balaban J connectivity index is 1.57. The van der Waals surface area contributed by atoms with E-state index in [1.54, 1.807) is 6.26 Å². The number of nitrogens with one attached hydrogen (secondary N) is 2. The van der Waals surface area contributed by atoms with Crippen molar-refractivity contribution in [2.75, 3.05) is 19.6 Å². The molecule has 122 valence electrons. The molecule has 0 aliphatic carbocycles. The van der Waals surface area contributed by atoms with E-state index in [4.69, 9.17) is 16.0 Å². The summed E-state index contributed by atoms with van der Waals surface area (Å²) in [5.74, 6) is 0.983. The lowest BCUT2D eigenvalue weighted by Gasteiger charge is -2.23. The summed E-state index contributed by atoms with van der Waals surface area (Å²) in [6.07, 6.45) is 4.56. The number of furan rings is 1. The lowest BCUT2D eigenvalue weighted by Crippen LogP contribution is -3.11. The molecule has 0 saturated carbocycles. The van der Waals surface area contributed by atoms with Crippen molar-refractivity contribution < 1.29 is 14.1 Å². The number of quaternary nitrogens is 1. The molecular formula is C18H22ClN2O2+. The third-order valence-electron chi connectivity index (χ3n) is 4.41. The van der Waals surface area contributed by atoms with Crippen molar-refractivity contribution in [2.24, 2.45) is 0 Å². The van der Waals surface area contributed by atoms with Gasteiger partial charge in [-0.25, -0.2) is 0 Å². The Hall–Kier alpha value is -1.78. The van der Waals surface area contributed by atoms with Crippen LogP contribution in [0.15, 0.2) is 47.1 Å². The van der Waals surface area contributed by atoms with Crippen LogP contribution in [-0.4, -0.2) is 25.5 Å². The van der Waals surface area contributed by atoms with Crippen LogP contribution in [0.4, 0.5) is 0 Å². The molecule has 23 heavy (non-hydrogen) atoms. The summed E-state index contributed by atoms with van der Waals surface area (Å²) >= 11 is 5.87. The van der Waals surface area contributed by atoms with E-state index in [1.807, 2.05) is 36.4 Å². The molecule has 1 fully saturated rings. The minimum Gasteiger partial charge on any atom is -0.463 e. The Morgan fingerprint density at radius 2 is 1.96 bits per heavy atom. The molecule has 1 aromatic carbocycles. The molecule has 3 rings (SSSR count). The van der Waals surface area contributed by atoms with Gasteiger partial charge in [0.15, 0.2) is 11.8 Å². The van der Waals surface area contributed by atoms with Crippen molar-refractivity contribution in [2.45, 2.75) is 25.3 Å². The minimum absolute atomic E-state index is 0.0301. The van der Waals surface area contributed by atoms with Crippen LogP contribution in [0.3, 0.4) is 0 Å². The Morgan fingerprint density at radius 3 is 2.61 bits per heavy atom. The standard InChI is InChI=1S/C18H21ClN2O2/c19-15-7-5-14(6-8-15)12-18(22)20-13-16(17-4-3-11-23-17)21-9-1-2-10-21/h3-8,11,16H,1-2,9-10,12-13H2,(H,20,22)/p+1/t16-/m1/s1. The summed E-state index contributed by atoms with van der Waals surface area (Å²) in [7, 11) is 0. The molecule has 0 unspecified atom stereocenters. The van der Waals surface area contributed by atoms with Gasteiger partial charge in [0.25, 0.3) is 0 Å². The van der Waals surface area contributed by atoms with Gasteiger partial charge in [-0.1, -0.05) is 23.7 Å². The van der Waals surface area contributed by atoms with E-state index in [-0.39, 0.29) is 11.9 Å². The average molecular weight is 334 g/mol. The highest BCUT2D eigenvalue weighted by molar-refractivity contribution is 6.30. The second-order valence-electron chi connectivity index (χ2n) is 6.04. The van der Waals surface area contributed by atoms with Crippen LogP contribution in [0.5, 0.6) is 0 Å². The number of hydrogen-bond acceptors (Lipinski definition) is 2. The smallest absolute Gasteiger partial charge is 0.224 e. The summed E-state index contributed by atoms with van der Waals surface area (Å²) in [6, 6.07) is 11.5. The van der Waals surface area contributed by atoms with Crippen molar-refractivity contribution in [3.63, 3.8) is 0 Å². The zero-order valence-corrected chi connectivity index (χ0v) is 13.8. The number of likely N-dealkylation sites (tertiary alicyclic amines) is 1. The largest absolute Gasteiger partial charge is 0.463 e. The van der Waals surface area contributed by atoms with Gasteiger partial charge < -0.3 is 14.6 Å². The molecule has 1 atom stereocenters. The molecular weight excluding hydrogens is 312 g/mol. The highest BCUT2D eigenvalue weighted by Gasteiger charge is 2.29. The lowest BCUT2D eigenvalue weighted by molar-refractivity contribution is -0.919. The topological polar surface area (TPSA) is 46.7 Å². The van der Waals surface area contributed by atoms with Crippen LogP contribution in [0, 0.1) is 0 Å². The molecule has 0 radical (unpaired) electrons. The zero-order valence-electron chi connectivity index (χ0n) is 13.1. The Labute approximate surface area is 141 Å². The van der Waals surface area contributed by atoms with Gasteiger partial charge in [0, 0.05) is 17.9 Å². The quantitative estimate of drug-likeness (QED) is 0.849. The predicted molar refractivity (Wildman–Crippen MR) is 89.5 cm³/mol. The fourth-order valence-corrected chi connectivity index (χ4v) is 3.31.